The van der Waals surface area contributed by atoms with Crippen LogP contribution in [0, 0.1) is 0 Å². The van der Waals surface area contributed by atoms with Crippen molar-refractivity contribution in [2.24, 2.45) is 0 Å². The fraction of sp³-hybridized carbons (Fsp3) is 0.0667. The van der Waals surface area contributed by atoms with Gasteiger partial charge >= 0.3 is 0 Å². The number of fused-ring (bicyclic) bond motifs is 2. The van der Waals surface area contributed by atoms with E-state index in [-0.39, 0.29) is 0 Å². The summed E-state index contributed by atoms with van der Waals surface area (Å²) in [6.07, 6.45) is 2.06. The Morgan fingerprint density at radius 2 is 1.79 bits per heavy atom. The smallest absolute Gasteiger partial charge is 0.0610 e. The number of benzene rings is 2. The quantitative estimate of drug-likeness (QED) is 0.580. The van der Waals surface area contributed by atoms with Gasteiger partial charge in [-0.05, 0) is 67.8 Å². The number of rotatable bonds is 1. The van der Waals surface area contributed by atoms with Crippen molar-refractivity contribution in [3.63, 3.8) is 0 Å². The van der Waals surface area contributed by atoms with Crippen LogP contribution in [0.25, 0.3) is 6.08 Å². The van der Waals surface area contributed by atoms with Crippen LogP contribution in [0.1, 0.15) is 5.56 Å². The van der Waals surface area contributed by atoms with E-state index in [0.717, 1.165) is 3.39 Å². The van der Waals surface area contributed by atoms with E-state index in [4.69, 9.17) is 0 Å². The van der Waals surface area contributed by atoms with E-state index < -0.39 is 0 Å². The van der Waals surface area contributed by atoms with Crippen molar-refractivity contribution >= 4 is 61.1 Å². The number of hydrogen-bond acceptors (Lipinski definition) is 2. The van der Waals surface area contributed by atoms with E-state index in [1.54, 1.807) is 0 Å². The van der Waals surface area contributed by atoms with E-state index in [2.05, 4.69) is 92.3 Å². The van der Waals surface area contributed by atoms with Gasteiger partial charge < -0.3 is 4.90 Å². The largest absolute Gasteiger partial charge is 0.343 e. The third-order valence-electron chi connectivity index (χ3n) is 3.07. The monoisotopic (exact) mass is 395 g/mol. The second-order valence-electron chi connectivity index (χ2n) is 4.29. The lowest BCUT2D eigenvalue weighted by Gasteiger charge is -2.29. The summed E-state index contributed by atoms with van der Waals surface area (Å²) >= 11 is 8.64. The van der Waals surface area contributed by atoms with Gasteiger partial charge in [-0.2, -0.15) is 0 Å². The van der Waals surface area contributed by atoms with Gasteiger partial charge in [-0.15, -0.1) is 0 Å². The Hall–Kier alpha value is -0.710. The van der Waals surface area contributed by atoms with Gasteiger partial charge in [0.2, 0.25) is 0 Å². The first-order valence-electron chi connectivity index (χ1n) is 5.82. The van der Waals surface area contributed by atoms with Gasteiger partial charge in [0.1, 0.15) is 0 Å². The number of halogens is 2. The zero-order chi connectivity index (χ0) is 13.4. The molecule has 0 saturated carbocycles. The first kappa shape index (κ1) is 13.3. The van der Waals surface area contributed by atoms with Crippen LogP contribution >= 0.6 is 43.6 Å². The highest BCUT2D eigenvalue weighted by Gasteiger charge is 2.19. The molecule has 19 heavy (non-hydrogen) atoms. The summed E-state index contributed by atoms with van der Waals surface area (Å²) in [6, 6.07) is 15.0. The predicted octanol–water partition coefficient (Wildman–Crippen LogP) is 6.01. The lowest BCUT2D eigenvalue weighted by atomic mass is 10.1. The van der Waals surface area contributed by atoms with Crippen molar-refractivity contribution in [3.05, 3.63) is 51.4 Å². The molecule has 3 rings (SSSR count). The van der Waals surface area contributed by atoms with Crippen LogP contribution in [0.15, 0.2) is 55.6 Å². The second-order valence-corrected chi connectivity index (χ2v) is 8.15. The summed E-state index contributed by atoms with van der Waals surface area (Å²) in [5, 5.41) is 0. The molecular weight excluding hydrogens is 386 g/mol. The number of hydrogen-bond donors (Lipinski definition) is 0. The van der Waals surface area contributed by atoms with Crippen LogP contribution in [0.4, 0.5) is 11.4 Å². The normalized spacial score (nSPS) is 12.7. The Labute approximate surface area is 134 Å². The molecule has 0 atom stereocenters. The highest BCUT2D eigenvalue weighted by molar-refractivity contribution is 9.28. The predicted molar refractivity (Wildman–Crippen MR) is 90.9 cm³/mol. The van der Waals surface area contributed by atoms with Crippen LogP contribution in [0.2, 0.25) is 0 Å². The fourth-order valence-electron chi connectivity index (χ4n) is 2.17. The minimum absolute atomic E-state index is 0.953. The van der Waals surface area contributed by atoms with Crippen LogP contribution in [0.5, 0.6) is 0 Å². The molecule has 0 fully saturated rings. The van der Waals surface area contributed by atoms with E-state index in [1.807, 2.05) is 11.8 Å². The topological polar surface area (TPSA) is 3.24 Å². The molecule has 2 aromatic carbocycles. The van der Waals surface area contributed by atoms with Crippen molar-refractivity contribution in [2.75, 3.05) is 11.9 Å². The van der Waals surface area contributed by atoms with Gasteiger partial charge in [-0.25, -0.2) is 0 Å². The zero-order valence-electron chi connectivity index (χ0n) is 10.2. The van der Waals surface area contributed by atoms with Crippen molar-refractivity contribution in [1.82, 2.24) is 0 Å². The summed E-state index contributed by atoms with van der Waals surface area (Å²) < 4.78 is 0.953. The van der Waals surface area contributed by atoms with E-state index in [0.29, 0.717) is 0 Å². The zero-order valence-corrected chi connectivity index (χ0v) is 14.2. The Morgan fingerprint density at radius 3 is 2.58 bits per heavy atom. The summed E-state index contributed by atoms with van der Waals surface area (Å²) in [7, 11) is 2.12. The maximum Gasteiger partial charge on any atom is 0.0610 e. The molecule has 96 valence electrons. The van der Waals surface area contributed by atoms with Crippen molar-refractivity contribution in [3.8, 4) is 0 Å². The summed E-state index contributed by atoms with van der Waals surface area (Å²) in [5.41, 5.74) is 3.71. The standard InChI is InChI=1S/C15H11Br2NS/c1-18-11-4-2-3-5-13(11)19-14-8-10(9-15(16)17)6-7-12(14)18/h2-9H,1H3. The van der Waals surface area contributed by atoms with Gasteiger partial charge in [0, 0.05) is 16.8 Å². The van der Waals surface area contributed by atoms with Crippen LogP contribution < -0.4 is 4.90 Å². The molecular formula is C15H11Br2NS. The molecule has 1 aliphatic heterocycles. The highest BCUT2D eigenvalue weighted by Crippen LogP contribution is 2.47. The molecule has 1 nitrogen and oxygen atoms in total. The van der Waals surface area contributed by atoms with E-state index in [9.17, 15) is 0 Å². The molecule has 0 saturated heterocycles. The minimum atomic E-state index is 0.953. The van der Waals surface area contributed by atoms with Crippen LogP contribution in [0.3, 0.4) is 0 Å². The van der Waals surface area contributed by atoms with Crippen molar-refractivity contribution < 1.29 is 0 Å². The number of para-hydroxylation sites is 1. The summed E-state index contributed by atoms with van der Waals surface area (Å²) in [4.78, 5) is 4.84. The lowest BCUT2D eigenvalue weighted by molar-refractivity contribution is 1.11. The Morgan fingerprint density at radius 1 is 1.05 bits per heavy atom. The van der Waals surface area contributed by atoms with Gasteiger partial charge in [0.05, 0.1) is 14.8 Å². The summed E-state index contributed by atoms with van der Waals surface area (Å²) in [6.45, 7) is 0. The number of nitrogens with zero attached hydrogens (tertiary/aromatic N) is 1. The average molecular weight is 397 g/mol. The van der Waals surface area contributed by atoms with Gasteiger partial charge in [-0.1, -0.05) is 30.0 Å². The molecule has 2 aromatic rings. The Kier molecular flexibility index (Phi) is 3.74. The third kappa shape index (κ3) is 2.62. The highest BCUT2D eigenvalue weighted by atomic mass is 79.9. The number of anilines is 2. The Balaban J connectivity index is 2.08. The Bertz CT molecular complexity index is 663. The molecule has 0 unspecified atom stereocenters. The molecule has 0 aromatic heterocycles. The molecule has 0 aliphatic carbocycles. The molecule has 1 aliphatic rings. The molecule has 0 radical (unpaired) electrons. The van der Waals surface area contributed by atoms with Crippen LogP contribution in [-0.2, 0) is 0 Å². The van der Waals surface area contributed by atoms with E-state index in [1.165, 1.54) is 26.7 Å². The van der Waals surface area contributed by atoms with Crippen molar-refractivity contribution in [2.45, 2.75) is 9.79 Å². The minimum Gasteiger partial charge on any atom is -0.343 e. The van der Waals surface area contributed by atoms with Crippen molar-refractivity contribution in [1.29, 1.82) is 0 Å². The average Bonchev–Trinajstić information content (AvgIpc) is 2.38. The first-order chi connectivity index (χ1) is 9.15. The fourth-order valence-corrected chi connectivity index (χ4v) is 3.90. The SMILES string of the molecule is CN1c2ccccc2Sc2cc(C=C(Br)Br)ccc21. The second kappa shape index (κ2) is 5.35. The molecule has 0 bridgehead atoms. The lowest BCUT2D eigenvalue weighted by Crippen LogP contribution is -2.14. The van der Waals surface area contributed by atoms with Crippen LogP contribution in [-0.4, -0.2) is 7.05 Å². The molecule has 0 N–H and O–H groups in total. The first-order valence-corrected chi connectivity index (χ1v) is 8.23. The van der Waals surface area contributed by atoms with Gasteiger partial charge in [0.15, 0.2) is 0 Å². The maximum absolute atomic E-state index is 3.41. The van der Waals surface area contributed by atoms with Gasteiger partial charge in [-0.3, -0.25) is 0 Å². The molecule has 0 amide bonds. The summed E-state index contributed by atoms with van der Waals surface area (Å²) in [5.74, 6) is 0. The maximum atomic E-state index is 3.41. The molecule has 4 heteroatoms. The van der Waals surface area contributed by atoms with E-state index >= 15 is 0 Å². The van der Waals surface area contributed by atoms with Gasteiger partial charge in [0.25, 0.3) is 0 Å². The third-order valence-corrected chi connectivity index (χ3v) is 4.64. The molecule has 1 heterocycles. The molecule has 0 spiro atoms.